The van der Waals surface area contributed by atoms with E-state index in [2.05, 4.69) is 15.5 Å². The van der Waals surface area contributed by atoms with Crippen LogP contribution < -0.4 is 5.32 Å². The van der Waals surface area contributed by atoms with Crippen molar-refractivity contribution in [2.45, 2.75) is 19.8 Å². The molecular formula is C15H16N4OS. The first kappa shape index (κ1) is 13.8. The minimum Gasteiger partial charge on any atom is -0.351 e. The molecule has 0 aliphatic rings. The van der Waals surface area contributed by atoms with Crippen LogP contribution in [0.2, 0.25) is 0 Å². The molecule has 0 saturated heterocycles. The molecule has 3 heterocycles. The van der Waals surface area contributed by atoms with Crippen LogP contribution in [-0.2, 0) is 6.42 Å². The number of carbonyl (C=O) groups excluding carboxylic acids is 1. The smallest absolute Gasteiger partial charge is 0.261 e. The first-order chi connectivity index (χ1) is 10.2. The van der Waals surface area contributed by atoms with Gasteiger partial charge in [0.15, 0.2) is 5.65 Å². The van der Waals surface area contributed by atoms with Crippen LogP contribution in [0.15, 0.2) is 36.5 Å². The normalized spacial score (nSPS) is 10.9. The molecular weight excluding hydrogens is 284 g/mol. The number of nitrogens with one attached hydrogen (secondary N) is 1. The molecule has 6 heteroatoms. The summed E-state index contributed by atoms with van der Waals surface area (Å²) in [6, 6.07) is 9.65. The Labute approximate surface area is 126 Å². The number of amides is 1. The number of thiophene rings is 1. The van der Waals surface area contributed by atoms with E-state index >= 15 is 0 Å². The number of hydrogen-bond donors (Lipinski definition) is 1. The molecule has 0 aromatic carbocycles. The Balaban J connectivity index is 1.51. The summed E-state index contributed by atoms with van der Waals surface area (Å²) in [5.41, 5.74) is 0.852. The lowest BCUT2D eigenvalue weighted by Crippen LogP contribution is -2.24. The number of rotatable bonds is 5. The van der Waals surface area contributed by atoms with Crippen molar-refractivity contribution in [2.24, 2.45) is 0 Å². The van der Waals surface area contributed by atoms with Crippen LogP contribution in [0.25, 0.3) is 5.65 Å². The fourth-order valence-corrected chi connectivity index (χ4v) is 2.94. The lowest BCUT2D eigenvalue weighted by molar-refractivity contribution is 0.0957. The summed E-state index contributed by atoms with van der Waals surface area (Å²) in [6.07, 6.45) is 3.58. The topological polar surface area (TPSA) is 59.3 Å². The van der Waals surface area contributed by atoms with Crippen LogP contribution in [0.4, 0.5) is 0 Å². The lowest BCUT2D eigenvalue weighted by Gasteiger charge is -2.03. The standard InChI is InChI=1S/C15H16N4OS/c1-11-7-8-12(21-11)15(20)16-9-4-6-14-18-17-13-5-2-3-10-19(13)14/h2-3,5,7-8,10H,4,6,9H2,1H3,(H,16,20). The maximum Gasteiger partial charge on any atom is 0.261 e. The number of fused-ring (bicyclic) bond motifs is 1. The largest absolute Gasteiger partial charge is 0.351 e. The van der Waals surface area contributed by atoms with Gasteiger partial charge in [0.25, 0.3) is 5.91 Å². The molecule has 3 rings (SSSR count). The second-order valence-electron chi connectivity index (χ2n) is 4.81. The van der Waals surface area contributed by atoms with Gasteiger partial charge in [-0.2, -0.15) is 0 Å². The van der Waals surface area contributed by atoms with E-state index in [0.29, 0.717) is 6.54 Å². The van der Waals surface area contributed by atoms with E-state index in [-0.39, 0.29) is 5.91 Å². The third-order valence-electron chi connectivity index (χ3n) is 3.21. The molecule has 0 aliphatic carbocycles. The third kappa shape index (κ3) is 3.11. The highest BCUT2D eigenvalue weighted by molar-refractivity contribution is 7.13. The quantitative estimate of drug-likeness (QED) is 0.736. The number of carbonyl (C=O) groups is 1. The zero-order chi connectivity index (χ0) is 14.7. The first-order valence-electron chi connectivity index (χ1n) is 6.87. The molecule has 0 atom stereocenters. The SMILES string of the molecule is Cc1ccc(C(=O)NCCCc2nnc3ccccn23)s1. The molecule has 0 spiro atoms. The molecule has 3 aromatic rings. The van der Waals surface area contributed by atoms with E-state index in [1.165, 1.54) is 11.3 Å². The Bertz CT molecular complexity index is 762. The van der Waals surface area contributed by atoms with Gasteiger partial charge < -0.3 is 5.32 Å². The number of aromatic nitrogens is 3. The highest BCUT2D eigenvalue weighted by atomic mass is 32.1. The van der Waals surface area contributed by atoms with Crippen LogP contribution >= 0.6 is 11.3 Å². The van der Waals surface area contributed by atoms with Gasteiger partial charge in [-0.05, 0) is 37.6 Å². The van der Waals surface area contributed by atoms with Crippen LogP contribution in [0, 0.1) is 6.92 Å². The zero-order valence-electron chi connectivity index (χ0n) is 11.7. The molecule has 0 fully saturated rings. The average Bonchev–Trinajstić information content (AvgIpc) is 3.10. The predicted molar refractivity (Wildman–Crippen MR) is 82.7 cm³/mol. The van der Waals surface area contributed by atoms with Crippen molar-refractivity contribution in [3.63, 3.8) is 0 Å². The Hall–Kier alpha value is -2.21. The van der Waals surface area contributed by atoms with Gasteiger partial charge in [0, 0.05) is 24.0 Å². The van der Waals surface area contributed by atoms with Crippen molar-refractivity contribution in [1.29, 1.82) is 0 Å². The summed E-state index contributed by atoms with van der Waals surface area (Å²) < 4.78 is 1.98. The van der Waals surface area contributed by atoms with Crippen molar-refractivity contribution in [3.8, 4) is 0 Å². The molecule has 21 heavy (non-hydrogen) atoms. The Morgan fingerprint density at radius 2 is 2.19 bits per heavy atom. The van der Waals surface area contributed by atoms with E-state index in [4.69, 9.17) is 0 Å². The Morgan fingerprint density at radius 3 is 3.00 bits per heavy atom. The molecule has 0 radical (unpaired) electrons. The van der Waals surface area contributed by atoms with Crippen molar-refractivity contribution in [2.75, 3.05) is 6.54 Å². The van der Waals surface area contributed by atoms with Crippen molar-refractivity contribution in [3.05, 3.63) is 52.1 Å². The maximum atomic E-state index is 11.9. The maximum absolute atomic E-state index is 11.9. The van der Waals surface area contributed by atoms with Crippen molar-refractivity contribution >= 4 is 22.9 Å². The highest BCUT2D eigenvalue weighted by Crippen LogP contribution is 2.14. The fraction of sp³-hybridized carbons (Fsp3) is 0.267. The van der Waals surface area contributed by atoms with Gasteiger partial charge in [-0.15, -0.1) is 21.5 Å². The van der Waals surface area contributed by atoms with E-state index in [9.17, 15) is 4.79 Å². The molecule has 3 aromatic heterocycles. The number of nitrogens with zero attached hydrogens (tertiary/aromatic N) is 3. The minimum absolute atomic E-state index is 0.000739. The minimum atomic E-state index is -0.000739. The molecule has 5 nitrogen and oxygen atoms in total. The Morgan fingerprint density at radius 1 is 1.29 bits per heavy atom. The number of hydrogen-bond acceptors (Lipinski definition) is 4. The molecule has 0 aliphatic heterocycles. The van der Waals surface area contributed by atoms with Crippen molar-refractivity contribution < 1.29 is 4.79 Å². The predicted octanol–water partition coefficient (Wildman–Crippen LogP) is 2.46. The molecule has 0 unspecified atom stereocenters. The van der Waals surface area contributed by atoms with Gasteiger partial charge in [0.1, 0.15) is 5.82 Å². The van der Waals surface area contributed by atoms with Crippen LogP contribution in [-0.4, -0.2) is 27.0 Å². The molecule has 1 amide bonds. The molecule has 1 N–H and O–H groups in total. The molecule has 108 valence electrons. The first-order valence-corrected chi connectivity index (χ1v) is 7.69. The van der Waals surface area contributed by atoms with Gasteiger partial charge in [0.2, 0.25) is 0 Å². The summed E-state index contributed by atoms with van der Waals surface area (Å²) >= 11 is 1.52. The van der Waals surface area contributed by atoms with Crippen LogP contribution in [0.5, 0.6) is 0 Å². The lowest BCUT2D eigenvalue weighted by atomic mass is 10.3. The van der Waals surface area contributed by atoms with Crippen LogP contribution in [0.3, 0.4) is 0 Å². The van der Waals surface area contributed by atoms with E-state index in [1.807, 2.05) is 47.9 Å². The van der Waals surface area contributed by atoms with E-state index < -0.39 is 0 Å². The summed E-state index contributed by atoms with van der Waals surface area (Å²) in [5, 5.41) is 11.2. The molecule has 0 saturated carbocycles. The monoisotopic (exact) mass is 300 g/mol. The average molecular weight is 300 g/mol. The van der Waals surface area contributed by atoms with Crippen molar-refractivity contribution in [1.82, 2.24) is 19.9 Å². The van der Waals surface area contributed by atoms with Gasteiger partial charge in [0.05, 0.1) is 4.88 Å². The van der Waals surface area contributed by atoms with Gasteiger partial charge in [-0.3, -0.25) is 9.20 Å². The summed E-state index contributed by atoms with van der Waals surface area (Å²) in [7, 11) is 0. The van der Waals surface area contributed by atoms with Crippen LogP contribution in [0.1, 0.15) is 26.8 Å². The number of pyridine rings is 1. The summed E-state index contributed by atoms with van der Waals surface area (Å²) in [4.78, 5) is 13.8. The number of aryl methyl sites for hydroxylation is 2. The second-order valence-corrected chi connectivity index (χ2v) is 6.10. The third-order valence-corrected chi connectivity index (χ3v) is 4.21. The van der Waals surface area contributed by atoms with Gasteiger partial charge in [-0.1, -0.05) is 6.07 Å². The highest BCUT2D eigenvalue weighted by Gasteiger charge is 2.08. The summed E-state index contributed by atoms with van der Waals surface area (Å²) in [6.45, 7) is 2.63. The van der Waals surface area contributed by atoms with E-state index in [0.717, 1.165) is 34.1 Å². The second kappa shape index (κ2) is 6.05. The molecule has 0 bridgehead atoms. The van der Waals surface area contributed by atoms with E-state index in [1.54, 1.807) is 0 Å². The van der Waals surface area contributed by atoms with Gasteiger partial charge >= 0.3 is 0 Å². The zero-order valence-corrected chi connectivity index (χ0v) is 12.6. The Kier molecular flexibility index (Phi) is 3.96. The fourth-order valence-electron chi connectivity index (χ4n) is 2.15. The van der Waals surface area contributed by atoms with Gasteiger partial charge in [-0.25, -0.2) is 0 Å². The summed E-state index contributed by atoms with van der Waals surface area (Å²) in [5.74, 6) is 0.922.